The first kappa shape index (κ1) is 12.4. The van der Waals surface area contributed by atoms with Gasteiger partial charge in [0, 0.05) is 19.1 Å². The van der Waals surface area contributed by atoms with Gasteiger partial charge in [0.1, 0.15) is 0 Å². The lowest BCUT2D eigenvalue weighted by atomic mass is 10.1. The molecule has 0 radical (unpaired) electrons. The Morgan fingerprint density at radius 1 is 1.19 bits per heavy atom. The van der Waals surface area contributed by atoms with Gasteiger partial charge < -0.3 is 10.2 Å². The molecule has 0 spiro atoms. The Bertz CT molecular complexity index is 197. The molecule has 1 saturated heterocycles. The highest BCUT2D eigenvalue weighted by Gasteiger charge is 2.25. The monoisotopic (exact) mass is 224 g/mol. The van der Waals surface area contributed by atoms with Crippen LogP contribution in [0.4, 0.5) is 0 Å². The highest BCUT2D eigenvalue weighted by molar-refractivity contribution is 4.83. The van der Waals surface area contributed by atoms with Crippen molar-refractivity contribution in [3.05, 3.63) is 0 Å². The van der Waals surface area contributed by atoms with Crippen molar-refractivity contribution in [3.63, 3.8) is 0 Å². The third-order valence-corrected chi connectivity index (χ3v) is 4.08. The van der Waals surface area contributed by atoms with Gasteiger partial charge in [-0.1, -0.05) is 26.7 Å². The molecule has 1 saturated carbocycles. The van der Waals surface area contributed by atoms with E-state index in [1.165, 1.54) is 58.3 Å². The molecule has 2 rings (SSSR count). The first-order valence-corrected chi connectivity index (χ1v) is 7.20. The van der Waals surface area contributed by atoms with Gasteiger partial charge in [-0.25, -0.2) is 0 Å². The average Bonchev–Trinajstić information content (AvgIpc) is 2.87. The van der Waals surface area contributed by atoms with Crippen LogP contribution in [0, 0.1) is 11.8 Å². The molecule has 16 heavy (non-hydrogen) atoms. The fraction of sp³-hybridized carbons (Fsp3) is 1.00. The molecular formula is C14H28N2. The molecule has 1 aliphatic heterocycles. The number of nitrogens with one attached hydrogen (secondary N) is 1. The first-order valence-electron chi connectivity index (χ1n) is 7.20. The van der Waals surface area contributed by atoms with Crippen LogP contribution < -0.4 is 5.32 Å². The minimum atomic E-state index is 0.767. The molecule has 0 amide bonds. The maximum Gasteiger partial charge on any atom is 0.0207 e. The summed E-state index contributed by atoms with van der Waals surface area (Å²) < 4.78 is 0. The standard InChI is InChI=1S/C14H28N2/c1-12(2)9-15-14-7-8-16(11-14)10-13-5-3-4-6-13/h12-15H,3-11H2,1-2H3. The second-order valence-corrected chi connectivity index (χ2v) is 6.20. The highest BCUT2D eigenvalue weighted by Crippen LogP contribution is 2.26. The molecule has 0 aromatic rings. The van der Waals surface area contributed by atoms with Gasteiger partial charge in [-0.3, -0.25) is 0 Å². The largest absolute Gasteiger partial charge is 0.312 e. The molecule has 1 N–H and O–H groups in total. The molecule has 1 heterocycles. The summed E-state index contributed by atoms with van der Waals surface area (Å²) in [6, 6.07) is 0.767. The molecule has 94 valence electrons. The molecule has 2 nitrogen and oxygen atoms in total. The number of likely N-dealkylation sites (tertiary alicyclic amines) is 1. The fourth-order valence-corrected chi connectivity index (χ4v) is 3.13. The molecule has 2 heteroatoms. The maximum absolute atomic E-state index is 3.69. The minimum absolute atomic E-state index is 0.767. The van der Waals surface area contributed by atoms with Crippen LogP contribution in [-0.2, 0) is 0 Å². The third kappa shape index (κ3) is 3.74. The van der Waals surface area contributed by atoms with E-state index in [0.29, 0.717) is 0 Å². The zero-order chi connectivity index (χ0) is 11.4. The van der Waals surface area contributed by atoms with Crippen LogP contribution in [0.15, 0.2) is 0 Å². The van der Waals surface area contributed by atoms with Crippen molar-refractivity contribution in [2.45, 2.75) is 52.0 Å². The van der Waals surface area contributed by atoms with Gasteiger partial charge in [-0.15, -0.1) is 0 Å². The molecule has 0 aromatic heterocycles. The van der Waals surface area contributed by atoms with E-state index in [1.54, 1.807) is 0 Å². The van der Waals surface area contributed by atoms with Gasteiger partial charge in [0.2, 0.25) is 0 Å². The van der Waals surface area contributed by atoms with Gasteiger partial charge in [0.25, 0.3) is 0 Å². The van der Waals surface area contributed by atoms with E-state index in [4.69, 9.17) is 0 Å². The number of nitrogens with zero attached hydrogens (tertiary/aromatic N) is 1. The summed E-state index contributed by atoms with van der Waals surface area (Å²) in [6.45, 7) is 9.76. The molecule has 1 unspecified atom stereocenters. The predicted molar refractivity (Wildman–Crippen MR) is 69.6 cm³/mol. The molecular weight excluding hydrogens is 196 g/mol. The predicted octanol–water partition coefficient (Wildman–Crippen LogP) is 2.50. The van der Waals surface area contributed by atoms with Gasteiger partial charge in [-0.2, -0.15) is 0 Å². The van der Waals surface area contributed by atoms with Crippen LogP contribution in [0.2, 0.25) is 0 Å². The fourth-order valence-electron chi connectivity index (χ4n) is 3.13. The smallest absolute Gasteiger partial charge is 0.0207 e. The lowest BCUT2D eigenvalue weighted by molar-refractivity contribution is 0.272. The summed E-state index contributed by atoms with van der Waals surface area (Å²) in [6.07, 6.45) is 7.29. The minimum Gasteiger partial charge on any atom is -0.312 e. The second kappa shape index (κ2) is 6.02. The average molecular weight is 224 g/mol. The Morgan fingerprint density at radius 2 is 1.94 bits per heavy atom. The summed E-state index contributed by atoms with van der Waals surface area (Å²) in [5.41, 5.74) is 0. The van der Waals surface area contributed by atoms with Crippen molar-refractivity contribution < 1.29 is 0 Å². The van der Waals surface area contributed by atoms with Crippen molar-refractivity contribution in [1.82, 2.24) is 10.2 Å². The van der Waals surface area contributed by atoms with Crippen molar-refractivity contribution in [2.24, 2.45) is 11.8 Å². The molecule has 0 aromatic carbocycles. The SMILES string of the molecule is CC(C)CNC1CCN(CC2CCCC2)C1. The van der Waals surface area contributed by atoms with Crippen molar-refractivity contribution in [1.29, 1.82) is 0 Å². The van der Waals surface area contributed by atoms with Crippen LogP contribution in [0.5, 0.6) is 0 Å². The number of rotatable bonds is 5. The Hall–Kier alpha value is -0.0800. The van der Waals surface area contributed by atoms with Crippen LogP contribution in [0.3, 0.4) is 0 Å². The third-order valence-electron chi connectivity index (χ3n) is 4.08. The molecule has 0 bridgehead atoms. The van der Waals surface area contributed by atoms with Gasteiger partial charge >= 0.3 is 0 Å². The van der Waals surface area contributed by atoms with Gasteiger partial charge in [0.05, 0.1) is 0 Å². The van der Waals surface area contributed by atoms with Crippen molar-refractivity contribution >= 4 is 0 Å². The van der Waals surface area contributed by atoms with Gasteiger partial charge in [-0.05, 0) is 44.2 Å². The molecule has 2 fully saturated rings. The lowest BCUT2D eigenvalue weighted by Gasteiger charge is -2.20. The topological polar surface area (TPSA) is 15.3 Å². The molecule has 1 aliphatic carbocycles. The summed E-state index contributed by atoms with van der Waals surface area (Å²) in [5, 5.41) is 3.69. The van der Waals surface area contributed by atoms with E-state index in [2.05, 4.69) is 24.1 Å². The quantitative estimate of drug-likeness (QED) is 0.772. The van der Waals surface area contributed by atoms with E-state index < -0.39 is 0 Å². The van der Waals surface area contributed by atoms with Gasteiger partial charge in [0.15, 0.2) is 0 Å². The first-order chi connectivity index (χ1) is 7.74. The van der Waals surface area contributed by atoms with E-state index in [1.807, 2.05) is 0 Å². The van der Waals surface area contributed by atoms with Crippen molar-refractivity contribution in [3.8, 4) is 0 Å². The number of hydrogen-bond acceptors (Lipinski definition) is 2. The molecule has 2 aliphatic rings. The highest BCUT2D eigenvalue weighted by atomic mass is 15.2. The Kier molecular flexibility index (Phi) is 4.66. The van der Waals surface area contributed by atoms with Crippen LogP contribution in [0.1, 0.15) is 46.0 Å². The van der Waals surface area contributed by atoms with Crippen LogP contribution in [-0.4, -0.2) is 37.1 Å². The zero-order valence-corrected chi connectivity index (χ0v) is 11.0. The van der Waals surface area contributed by atoms with E-state index in [0.717, 1.165) is 17.9 Å². The Labute approximate surface area is 101 Å². The molecule has 1 atom stereocenters. The summed E-state index contributed by atoms with van der Waals surface area (Å²) in [5.74, 6) is 1.80. The zero-order valence-electron chi connectivity index (χ0n) is 11.0. The van der Waals surface area contributed by atoms with Crippen LogP contribution >= 0.6 is 0 Å². The Balaban J connectivity index is 1.63. The lowest BCUT2D eigenvalue weighted by Crippen LogP contribution is -2.35. The maximum atomic E-state index is 3.69. The Morgan fingerprint density at radius 3 is 2.62 bits per heavy atom. The summed E-state index contributed by atoms with van der Waals surface area (Å²) in [4.78, 5) is 2.69. The van der Waals surface area contributed by atoms with Crippen molar-refractivity contribution in [2.75, 3.05) is 26.2 Å². The van der Waals surface area contributed by atoms with E-state index >= 15 is 0 Å². The van der Waals surface area contributed by atoms with E-state index in [9.17, 15) is 0 Å². The number of hydrogen-bond donors (Lipinski definition) is 1. The summed E-state index contributed by atoms with van der Waals surface area (Å²) in [7, 11) is 0. The second-order valence-electron chi connectivity index (χ2n) is 6.20. The van der Waals surface area contributed by atoms with E-state index in [-0.39, 0.29) is 0 Å². The normalized spacial score (nSPS) is 28.3. The summed E-state index contributed by atoms with van der Waals surface area (Å²) >= 11 is 0. The van der Waals surface area contributed by atoms with Crippen LogP contribution in [0.25, 0.3) is 0 Å².